The summed E-state index contributed by atoms with van der Waals surface area (Å²) in [6, 6.07) is 0.274. The Morgan fingerprint density at radius 2 is 1.50 bits per heavy atom. The number of hydrogen-bond donors (Lipinski definition) is 2. The van der Waals surface area contributed by atoms with E-state index in [0.29, 0.717) is 32.2 Å². The number of nitrogens with one attached hydrogen (secondary N) is 1. The molecule has 0 radical (unpaired) electrons. The third kappa shape index (κ3) is 3.27. The number of carbonyl (C=O) groups is 2. The first kappa shape index (κ1) is 13.0. The first-order valence-corrected chi connectivity index (χ1v) is 6.70. The quantitative estimate of drug-likeness (QED) is 0.742. The normalized spacial score (nSPS) is 21.8. The van der Waals surface area contributed by atoms with E-state index < -0.39 is 6.09 Å². The Hall–Kier alpha value is -1.46. The maximum absolute atomic E-state index is 12.0. The van der Waals surface area contributed by atoms with E-state index >= 15 is 0 Å². The molecule has 0 spiro atoms. The number of carbonyl (C=O) groups excluding carboxylic acids is 1. The molecule has 0 unspecified atom stereocenters. The first-order chi connectivity index (χ1) is 8.66. The van der Waals surface area contributed by atoms with Crippen molar-refractivity contribution in [3.8, 4) is 0 Å². The molecule has 18 heavy (non-hydrogen) atoms. The lowest BCUT2D eigenvalue weighted by Gasteiger charge is -2.34. The van der Waals surface area contributed by atoms with Crippen LogP contribution in [0.25, 0.3) is 0 Å². The van der Waals surface area contributed by atoms with Crippen molar-refractivity contribution in [2.24, 2.45) is 0 Å². The van der Waals surface area contributed by atoms with Crippen LogP contribution in [-0.4, -0.2) is 59.3 Å². The van der Waals surface area contributed by atoms with Crippen LogP contribution in [0.4, 0.5) is 9.59 Å². The van der Waals surface area contributed by atoms with Crippen molar-refractivity contribution in [1.82, 2.24) is 15.1 Å². The van der Waals surface area contributed by atoms with Gasteiger partial charge in [0.2, 0.25) is 0 Å². The van der Waals surface area contributed by atoms with E-state index in [1.165, 1.54) is 24.2 Å². The number of nitrogens with zero attached hydrogens (tertiary/aromatic N) is 2. The summed E-state index contributed by atoms with van der Waals surface area (Å²) in [7, 11) is 0. The second kappa shape index (κ2) is 5.93. The third-order valence-corrected chi connectivity index (χ3v) is 3.77. The summed E-state index contributed by atoms with van der Waals surface area (Å²) in [6.07, 6.45) is 4.89. The number of amides is 3. The number of carboxylic acid groups (broad SMARTS) is 1. The Bertz CT molecular complexity index is 308. The van der Waals surface area contributed by atoms with E-state index in [9.17, 15) is 9.59 Å². The van der Waals surface area contributed by atoms with Gasteiger partial charge in [-0.25, -0.2) is 9.59 Å². The SMILES string of the molecule is O=C(O)N1CCN(C(=O)NC2CCCCC2)CC1. The predicted octanol–water partition coefficient (Wildman–Crippen LogP) is 1.32. The Morgan fingerprint density at radius 1 is 0.944 bits per heavy atom. The molecule has 0 atom stereocenters. The number of rotatable bonds is 1. The maximum atomic E-state index is 12.0. The van der Waals surface area contributed by atoms with Gasteiger partial charge in [0.1, 0.15) is 0 Å². The van der Waals surface area contributed by atoms with E-state index in [4.69, 9.17) is 5.11 Å². The van der Waals surface area contributed by atoms with Crippen LogP contribution in [0.15, 0.2) is 0 Å². The van der Waals surface area contributed by atoms with E-state index in [0.717, 1.165) is 12.8 Å². The van der Waals surface area contributed by atoms with Crippen LogP contribution >= 0.6 is 0 Å². The molecule has 0 bridgehead atoms. The summed E-state index contributed by atoms with van der Waals surface area (Å²) in [6.45, 7) is 1.80. The fourth-order valence-electron chi connectivity index (χ4n) is 2.61. The molecule has 2 aliphatic rings. The van der Waals surface area contributed by atoms with Crippen LogP contribution in [0.3, 0.4) is 0 Å². The van der Waals surface area contributed by atoms with Gasteiger partial charge in [0.25, 0.3) is 0 Å². The minimum Gasteiger partial charge on any atom is -0.465 e. The first-order valence-electron chi connectivity index (χ1n) is 6.70. The van der Waals surface area contributed by atoms with Crippen LogP contribution in [0.2, 0.25) is 0 Å². The molecule has 1 aliphatic carbocycles. The van der Waals surface area contributed by atoms with Crippen LogP contribution < -0.4 is 5.32 Å². The highest BCUT2D eigenvalue weighted by atomic mass is 16.4. The Balaban J connectivity index is 1.75. The molecule has 3 amide bonds. The second-order valence-electron chi connectivity index (χ2n) is 5.04. The van der Waals surface area contributed by atoms with Crippen LogP contribution in [0.5, 0.6) is 0 Å². The minimum atomic E-state index is -0.901. The highest BCUT2D eigenvalue weighted by Crippen LogP contribution is 2.17. The molecule has 2 N–H and O–H groups in total. The molecule has 1 aliphatic heterocycles. The van der Waals surface area contributed by atoms with Gasteiger partial charge in [-0.05, 0) is 12.8 Å². The molecule has 6 heteroatoms. The lowest BCUT2D eigenvalue weighted by atomic mass is 9.96. The highest BCUT2D eigenvalue weighted by molar-refractivity contribution is 5.75. The molecule has 1 saturated heterocycles. The zero-order valence-corrected chi connectivity index (χ0v) is 10.6. The van der Waals surface area contributed by atoms with Gasteiger partial charge >= 0.3 is 12.1 Å². The maximum Gasteiger partial charge on any atom is 0.407 e. The zero-order chi connectivity index (χ0) is 13.0. The van der Waals surface area contributed by atoms with E-state index in [1.54, 1.807) is 4.90 Å². The molecular formula is C12H21N3O3. The number of urea groups is 1. The summed E-state index contributed by atoms with van der Waals surface area (Å²) in [5.74, 6) is 0. The van der Waals surface area contributed by atoms with Gasteiger partial charge in [0, 0.05) is 32.2 Å². The molecule has 102 valence electrons. The number of piperazine rings is 1. The average Bonchev–Trinajstić information content (AvgIpc) is 2.40. The molecule has 6 nitrogen and oxygen atoms in total. The monoisotopic (exact) mass is 255 g/mol. The van der Waals surface area contributed by atoms with Crippen molar-refractivity contribution < 1.29 is 14.7 Å². The lowest BCUT2D eigenvalue weighted by Crippen LogP contribution is -2.54. The van der Waals surface area contributed by atoms with Crippen molar-refractivity contribution in [3.05, 3.63) is 0 Å². The Kier molecular flexibility index (Phi) is 4.28. The molecular weight excluding hydrogens is 234 g/mol. The van der Waals surface area contributed by atoms with E-state index in [1.807, 2.05) is 0 Å². The molecule has 0 aromatic carbocycles. The smallest absolute Gasteiger partial charge is 0.407 e. The van der Waals surface area contributed by atoms with Crippen molar-refractivity contribution in [1.29, 1.82) is 0 Å². The summed E-state index contributed by atoms with van der Waals surface area (Å²) in [5, 5.41) is 11.9. The summed E-state index contributed by atoms with van der Waals surface area (Å²) in [4.78, 5) is 25.8. The van der Waals surface area contributed by atoms with Gasteiger partial charge in [0.15, 0.2) is 0 Å². The molecule has 0 aromatic heterocycles. The van der Waals surface area contributed by atoms with Gasteiger partial charge in [-0.1, -0.05) is 19.3 Å². The van der Waals surface area contributed by atoms with Crippen LogP contribution in [0, 0.1) is 0 Å². The van der Waals surface area contributed by atoms with Crippen LogP contribution in [0.1, 0.15) is 32.1 Å². The van der Waals surface area contributed by atoms with Gasteiger partial charge in [-0.15, -0.1) is 0 Å². The fraction of sp³-hybridized carbons (Fsp3) is 0.833. The van der Waals surface area contributed by atoms with Gasteiger partial charge < -0.3 is 20.2 Å². The third-order valence-electron chi connectivity index (χ3n) is 3.77. The molecule has 0 aromatic rings. The lowest BCUT2D eigenvalue weighted by molar-refractivity contribution is 0.110. The molecule has 1 heterocycles. The zero-order valence-electron chi connectivity index (χ0n) is 10.6. The van der Waals surface area contributed by atoms with Crippen LogP contribution in [-0.2, 0) is 0 Å². The molecule has 2 fully saturated rings. The van der Waals surface area contributed by atoms with Gasteiger partial charge in [-0.2, -0.15) is 0 Å². The summed E-state index contributed by atoms with van der Waals surface area (Å²) >= 11 is 0. The summed E-state index contributed by atoms with van der Waals surface area (Å²) < 4.78 is 0. The van der Waals surface area contributed by atoms with E-state index in [2.05, 4.69) is 5.32 Å². The molecule has 1 saturated carbocycles. The van der Waals surface area contributed by atoms with Crippen molar-refractivity contribution >= 4 is 12.1 Å². The average molecular weight is 255 g/mol. The Labute approximate surface area is 107 Å². The second-order valence-corrected chi connectivity index (χ2v) is 5.04. The summed E-state index contributed by atoms with van der Waals surface area (Å²) in [5.41, 5.74) is 0. The van der Waals surface area contributed by atoms with Crippen molar-refractivity contribution in [2.75, 3.05) is 26.2 Å². The standard InChI is InChI=1S/C12H21N3O3/c16-11(13-10-4-2-1-3-5-10)14-6-8-15(9-7-14)12(17)18/h10H,1-9H2,(H,13,16)(H,17,18). The topological polar surface area (TPSA) is 72.9 Å². The van der Waals surface area contributed by atoms with Crippen molar-refractivity contribution in [2.45, 2.75) is 38.1 Å². The largest absolute Gasteiger partial charge is 0.465 e. The Morgan fingerprint density at radius 3 is 2.06 bits per heavy atom. The predicted molar refractivity (Wildman–Crippen MR) is 66.6 cm³/mol. The molecule has 2 rings (SSSR count). The number of hydrogen-bond acceptors (Lipinski definition) is 2. The van der Waals surface area contributed by atoms with Gasteiger partial charge in [0.05, 0.1) is 0 Å². The highest BCUT2D eigenvalue weighted by Gasteiger charge is 2.25. The van der Waals surface area contributed by atoms with E-state index in [-0.39, 0.29) is 6.03 Å². The van der Waals surface area contributed by atoms with Gasteiger partial charge in [-0.3, -0.25) is 0 Å². The minimum absolute atomic E-state index is 0.0352. The fourth-order valence-corrected chi connectivity index (χ4v) is 2.61. The van der Waals surface area contributed by atoms with Crippen molar-refractivity contribution in [3.63, 3.8) is 0 Å².